The Morgan fingerprint density at radius 1 is 0.246 bits per heavy atom. The molecule has 370 valence electrons. The molecule has 3 saturated heterocycles. The van der Waals surface area contributed by atoms with Gasteiger partial charge in [0.1, 0.15) is 0 Å². The third-order valence-electron chi connectivity index (χ3n) is 19.8. The molecule has 11 rings (SSSR count). The summed E-state index contributed by atoms with van der Waals surface area (Å²) in [5.41, 5.74) is -1.09. The summed E-state index contributed by atoms with van der Waals surface area (Å²) in [5.74, 6) is 4.68. The first-order chi connectivity index (χ1) is 30.7. The Bertz CT molecular complexity index is 1390. The third kappa shape index (κ3) is 9.67. The molecule has 3 N–H and O–H groups in total. The monoisotopic (exact) mass is 1100 g/mol. The summed E-state index contributed by atoms with van der Waals surface area (Å²) in [6, 6.07) is 0. The van der Waals surface area contributed by atoms with Crippen LogP contribution >= 0.6 is 0 Å². The summed E-state index contributed by atoms with van der Waals surface area (Å²) >= 11 is 0. The van der Waals surface area contributed by atoms with Crippen molar-refractivity contribution in [1.82, 2.24) is 0 Å². The van der Waals surface area contributed by atoms with Gasteiger partial charge in [-0.05, 0) is 119 Å². The van der Waals surface area contributed by atoms with E-state index in [-0.39, 0.29) is 65.0 Å². The fourth-order valence-corrected chi connectivity index (χ4v) is 57.6. The van der Waals surface area contributed by atoms with Crippen molar-refractivity contribution in [2.24, 2.45) is 29.6 Å². The van der Waals surface area contributed by atoms with E-state index >= 15 is 0 Å². The van der Waals surface area contributed by atoms with Gasteiger partial charge in [0.05, 0.1) is 0 Å². The van der Waals surface area contributed by atoms with Crippen LogP contribution in [0.2, 0.25) is 38.8 Å². The topological polar surface area (TPSA) is 144 Å². The van der Waals surface area contributed by atoms with Crippen molar-refractivity contribution in [3.05, 3.63) is 0 Å². The predicted molar refractivity (Wildman–Crippen MR) is 258 cm³/mol. The van der Waals surface area contributed by atoms with Crippen LogP contribution in [0.3, 0.4) is 0 Å². The van der Waals surface area contributed by atoms with Gasteiger partial charge in [0.2, 0.25) is 0 Å². The molecule has 0 aromatic heterocycles. The number of fused-ring (bicyclic) bond motifs is 3. The van der Waals surface area contributed by atoms with E-state index < -0.39 is 61.6 Å². The summed E-state index contributed by atoms with van der Waals surface area (Å²) in [7, 11) is -29.1. The van der Waals surface area contributed by atoms with Crippen LogP contribution in [0.4, 0.5) is 0 Å². The molecule has 11 fully saturated rings. The van der Waals surface area contributed by atoms with Crippen molar-refractivity contribution in [3.8, 4) is 0 Å². The molecule has 20 heteroatoms. The number of hydrogen-bond donors (Lipinski definition) is 3. The molecule has 0 aromatic rings. The second-order valence-corrected chi connectivity index (χ2v) is 45.1. The van der Waals surface area contributed by atoms with E-state index in [4.69, 9.17) is 37.0 Å². The van der Waals surface area contributed by atoms with E-state index in [1.54, 1.807) is 0 Å². The number of rotatable bonds is 7. The molecule has 11 aliphatic rings. The van der Waals surface area contributed by atoms with Crippen molar-refractivity contribution >= 4 is 61.6 Å². The van der Waals surface area contributed by atoms with Crippen molar-refractivity contribution in [2.45, 2.75) is 253 Å². The third-order valence-corrected chi connectivity index (χ3v) is 51.6. The molecule has 0 radical (unpaired) electrons. The van der Waals surface area contributed by atoms with Crippen LogP contribution in [0.1, 0.15) is 214 Å². The Kier molecular flexibility index (Phi) is 16.2. The van der Waals surface area contributed by atoms with Crippen molar-refractivity contribution < 1.29 is 77.6 Å². The van der Waals surface area contributed by atoms with Crippen LogP contribution in [0, 0.1) is 29.6 Å². The molecule has 8 saturated carbocycles. The zero-order valence-corrected chi connectivity index (χ0v) is 50.2. The average Bonchev–Trinajstić information content (AvgIpc) is 4.12. The quantitative estimate of drug-likeness (QED) is 0.209. The molecular weight excluding hydrogens is 1020 g/mol. The Morgan fingerprint density at radius 2 is 0.385 bits per heavy atom. The molecule has 65 heavy (non-hydrogen) atoms. The largest absolute Gasteiger partial charge is 0.486 e. The Balaban J connectivity index is 0.000000431. The van der Waals surface area contributed by atoms with Crippen LogP contribution in [0.15, 0.2) is 0 Å². The summed E-state index contributed by atoms with van der Waals surface area (Å²) < 4.78 is 69.7. The molecule has 0 atom stereocenters. The van der Waals surface area contributed by atoms with Crippen LogP contribution < -0.4 is 0 Å². The van der Waals surface area contributed by atoms with Gasteiger partial charge in [0.15, 0.2) is 0 Å². The van der Waals surface area contributed by atoms with Crippen LogP contribution in [-0.2, 0) is 63.2 Å². The summed E-state index contributed by atoms with van der Waals surface area (Å²) in [4.78, 5) is 40.7. The standard InChI is InChI=1S/C35H66O12Si7.C10H20.Zr/c36-48(29-15-1-2-16-29)39-51(32-21-7-8-22-32)41-49(37,30-17-3-4-18-30)43-53(34-25-11-12-26-34)44-50(38,31-19-5-6-20-31)42-52(40-48,33-23-9-10-24-33)46-54(45-51,47-53)35-27-13-14-28-35;1-6-7(2)9(4)10(5)8(6)3;/h29-38H,1-28H2;6-10H,1-5H3;. The molecule has 0 amide bonds. The van der Waals surface area contributed by atoms with Crippen LogP contribution in [0.5, 0.6) is 0 Å². The normalized spacial score (nSPS) is 48.8. The zero-order valence-electron chi connectivity index (χ0n) is 40.7. The zero-order chi connectivity index (χ0) is 44.6. The fourth-order valence-electron chi connectivity index (χ4n) is 15.0. The van der Waals surface area contributed by atoms with Crippen molar-refractivity contribution in [1.29, 1.82) is 0 Å². The molecule has 3 aliphatic heterocycles. The van der Waals surface area contributed by atoms with E-state index in [1.807, 2.05) is 0 Å². The second-order valence-electron chi connectivity index (χ2n) is 23.4. The van der Waals surface area contributed by atoms with Crippen molar-refractivity contribution in [2.75, 3.05) is 0 Å². The molecular formula is C45H86O12Si7Zr. The maximum Gasteiger partial charge on any atom is 0.486 e. The summed E-state index contributed by atoms with van der Waals surface area (Å²) in [6.07, 6.45) is 25.6. The predicted octanol–water partition coefficient (Wildman–Crippen LogP) is 11.5. The van der Waals surface area contributed by atoms with E-state index in [1.165, 1.54) is 0 Å². The van der Waals surface area contributed by atoms with Gasteiger partial charge in [-0.1, -0.05) is 125 Å². The van der Waals surface area contributed by atoms with Gasteiger partial charge in [-0.2, -0.15) is 0 Å². The first-order valence-electron chi connectivity index (χ1n) is 27.1. The molecule has 4 bridgehead atoms. The van der Waals surface area contributed by atoms with E-state index in [0.717, 1.165) is 209 Å². The van der Waals surface area contributed by atoms with E-state index in [9.17, 15) is 14.4 Å². The maximum absolute atomic E-state index is 13.6. The van der Waals surface area contributed by atoms with Gasteiger partial charge in [0, 0.05) is 65.0 Å². The Labute approximate surface area is 419 Å². The molecule has 0 aromatic carbocycles. The number of hydrogen-bond acceptors (Lipinski definition) is 12. The molecule has 12 nitrogen and oxygen atoms in total. The average molecular weight is 1110 g/mol. The first kappa shape index (κ1) is 51.8. The molecule has 0 unspecified atom stereocenters. The van der Waals surface area contributed by atoms with Gasteiger partial charge in [0.25, 0.3) is 0 Å². The summed E-state index contributed by atoms with van der Waals surface area (Å²) in [5, 5.41) is 0. The SMILES string of the molecule is CC1C(C)C(C)C(C)C1C.O[Si]1(C2CCCC2)O[Si]2(C3CCCC3)O[Si](O)(C3CCCC3)O[Si]3(C4CCCC4)O[Si](O)(C4CCCC4)O[Si](C4CCCC4)(O1)O[Si](C1CCCC1)(O2)O3.[Zr]. The molecule has 3 heterocycles. The minimum Gasteiger partial charge on any atom is -0.390 e. The Morgan fingerprint density at radius 3 is 0.554 bits per heavy atom. The molecule has 8 aliphatic carbocycles. The van der Waals surface area contributed by atoms with Gasteiger partial charge < -0.3 is 51.4 Å². The van der Waals surface area contributed by atoms with E-state index in [0.29, 0.717) is 0 Å². The van der Waals surface area contributed by atoms with Gasteiger partial charge in [-0.25, -0.2) is 0 Å². The first-order valence-corrected chi connectivity index (χ1v) is 39.9. The maximum atomic E-state index is 13.6. The molecule has 0 spiro atoms. The van der Waals surface area contributed by atoms with Crippen LogP contribution in [-0.4, -0.2) is 76.0 Å². The summed E-state index contributed by atoms with van der Waals surface area (Å²) in [6.45, 7) is 12.0. The van der Waals surface area contributed by atoms with Gasteiger partial charge in [-0.3, -0.25) is 0 Å². The van der Waals surface area contributed by atoms with Crippen molar-refractivity contribution in [3.63, 3.8) is 0 Å². The Hall–Kier alpha value is 1.92. The smallest absolute Gasteiger partial charge is 0.390 e. The van der Waals surface area contributed by atoms with Gasteiger partial charge in [-0.15, -0.1) is 0 Å². The second kappa shape index (κ2) is 20.3. The van der Waals surface area contributed by atoms with Gasteiger partial charge >= 0.3 is 61.6 Å². The van der Waals surface area contributed by atoms with E-state index in [2.05, 4.69) is 34.6 Å². The minimum absolute atomic E-state index is 0. The van der Waals surface area contributed by atoms with Crippen LogP contribution in [0.25, 0.3) is 0 Å². The fraction of sp³-hybridized carbons (Fsp3) is 1.00. The minimum atomic E-state index is -4.28.